The third kappa shape index (κ3) is 3.53. The van der Waals surface area contributed by atoms with Gasteiger partial charge in [0, 0.05) is 32.5 Å². The predicted molar refractivity (Wildman–Crippen MR) is 88.4 cm³/mol. The van der Waals surface area contributed by atoms with Gasteiger partial charge in [-0.15, -0.1) is 0 Å². The molecule has 1 atom stereocenters. The zero-order valence-corrected chi connectivity index (χ0v) is 14.0. The minimum Gasteiger partial charge on any atom is -0.441 e. The summed E-state index contributed by atoms with van der Waals surface area (Å²) < 4.78 is 5.67. The fraction of sp³-hybridized carbons (Fsp3) is 0.556. The summed E-state index contributed by atoms with van der Waals surface area (Å²) in [5, 5.41) is 9.41. The minimum absolute atomic E-state index is 0.255. The summed E-state index contributed by atoms with van der Waals surface area (Å²) in [5.74, 6) is -0.255. The molecule has 130 valence electrons. The molecule has 24 heavy (non-hydrogen) atoms. The van der Waals surface area contributed by atoms with Gasteiger partial charge in [0.1, 0.15) is 11.7 Å². The fourth-order valence-corrected chi connectivity index (χ4v) is 3.43. The quantitative estimate of drug-likeness (QED) is 0.905. The summed E-state index contributed by atoms with van der Waals surface area (Å²) in [6.07, 6.45) is 0.810. The predicted octanol–water partition coefficient (Wildman–Crippen LogP) is 1.42. The van der Waals surface area contributed by atoms with Gasteiger partial charge in [-0.05, 0) is 18.9 Å². The number of likely N-dealkylation sites (tertiary alicyclic amines) is 1. The van der Waals surface area contributed by atoms with Crippen LogP contribution in [0, 0.1) is 0 Å². The molecule has 0 saturated carbocycles. The van der Waals surface area contributed by atoms with Gasteiger partial charge in [0.2, 0.25) is 0 Å². The van der Waals surface area contributed by atoms with E-state index >= 15 is 0 Å². The van der Waals surface area contributed by atoms with E-state index in [0.29, 0.717) is 39.0 Å². The summed E-state index contributed by atoms with van der Waals surface area (Å²) >= 11 is 0. The Hall–Kier alpha value is -2.08. The lowest BCUT2D eigenvalue weighted by Crippen LogP contribution is -2.50. The summed E-state index contributed by atoms with van der Waals surface area (Å²) in [6, 6.07) is 10.1. The van der Waals surface area contributed by atoms with E-state index in [1.165, 1.54) is 12.5 Å². The lowest BCUT2D eigenvalue weighted by Gasteiger charge is -2.37. The van der Waals surface area contributed by atoms with Crippen molar-refractivity contribution in [3.05, 3.63) is 35.9 Å². The average molecular weight is 332 g/mol. The van der Waals surface area contributed by atoms with Crippen molar-refractivity contribution in [1.29, 1.82) is 0 Å². The van der Waals surface area contributed by atoms with Gasteiger partial charge in [0.15, 0.2) is 0 Å². The van der Waals surface area contributed by atoms with Crippen LogP contribution in [0.25, 0.3) is 0 Å². The van der Waals surface area contributed by atoms with Gasteiger partial charge in [-0.2, -0.15) is 0 Å². The number of piperidine rings is 1. The van der Waals surface area contributed by atoms with Crippen molar-refractivity contribution in [2.45, 2.75) is 37.9 Å². The molecule has 6 heteroatoms. The largest absolute Gasteiger partial charge is 0.441 e. The van der Waals surface area contributed by atoms with E-state index in [1.54, 1.807) is 9.80 Å². The first-order valence-corrected chi connectivity index (χ1v) is 8.48. The summed E-state index contributed by atoms with van der Waals surface area (Å²) in [7, 11) is 0. The second-order valence-corrected chi connectivity index (χ2v) is 6.71. The van der Waals surface area contributed by atoms with Crippen LogP contribution in [0.5, 0.6) is 0 Å². The van der Waals surface area contributed by atoms with E-state index < -0.39 is 11.7 Å². The Kier molecular flexibility index (Phi) is 4.76. The molecule has 2 saturated heterocycles. The highest BCUT2D eigenvalue weighted by atomic mass is 16.6. The molecule has 2 amide bonds. The Morgan fingerprint density at radius 3 is 2.58 bits per heavy atom. The molecule has 0 aromatic heterocycles. The minimum atomic E-state index is -0.979. The number of aliphatic hydroxyl groups excluding tert-OH is 1. The smallest absolute Gasteiger partial charge is 0.410 e. The first-order valence-electron chi connectivity index (χ1n) is 8.48. The van der Waals surface area contributed by atoms with E-state index in [2.05, 4.69) is 12.1 Å². The van der Waals surface area contributed by atoms with E-state index in [1.807, 2.05) is 18.2 Å². The average Bonchev–Trinajstić information content (AvgIpc) is 2.89. The van der Waals surface area contributed by atoms with E-state index in [0.717, 1.165) is 6.42 Å². The molecule has 2 aliphatic heterocycles. The Morgan fingerprint density at radius 1 is 1.29 bits per heavy atom. The molecule has 0 radical (unpaired) electrons. The van der Waals surface area contributed by atoms with Gasteiger partial charge >= 0.3 is 6.09 Å². The lowest BCUT2D eigenvalue weighted by molar-refractivity contribution is -0.142. The lowest BCUT2D eigenvalue weighted by atomic mass is 9.91. The van der Waals surface area contributed by atoms with Crippen LogP contribution in [0.3, 0.4) is 0 Å². The zero-order chi connectivity index (χ0) is 17.2. The van der Waals surface area contributed by atoms with Crippen molar-refractivity contribution in [1.82, 2.24) is 9.80 Å². The van der Waals surface area contributed by atoms with Crippen LogP contribution < -0.4 is 0 Å². The third-order valence-corrected chi connectivity index (χ3v) is 4.90. The van der Waals surface area contributed by atoms with Crippen LogP contribution in [-0.2, 0) is 16.0 Å². The number of hydrogen-bond acceptors (Lipinski definition) is 4. The normalized spacial score (nSPS) is 21.0. The van der Waals surface area contributed by atoms with Crippen molar-refractivity contribution in [2.24, 2.45) is 0 Å². The van der Waals surface area contributed by atoms with Crippen LogP contribution in [0.2, 0.25) is 0 Å². The molecule has 1 aromatic carbocycles. The van der Waals surface area contributed by atoms with Crippen LogP contribution in [-0.4, -0.2) is 64.8 Å². The maximum Gasteiger partial charge on any atom is 0.410 e. The maximum absolute atomic E-state index is 12.2. The molecule has 2 aliphatic rings. The number of nitrogens with zero attached hydrogens (tertiary/aromatic N) is 2. The molecule has 0 unspecified atom stereocenters. The number of amides is 2. The molecule has 3 rings (SSSR count). The molecule has 1 spiro atoms. The van der Waals surface area contributed by atoms with Crippen molar-refractivity contribution in [3.63, 3.8) is 0 Å². The van der Waals surface area contributed by atoms with Crippen molar-refractivity contribution < 1.29 is 19.4 Å². The topological polar surface area (TPSA) is 70.1 Å². The summed E-state index contributed by atoms with van der Waals surface area (Å²) in [5.41, 5.74) is 0.715. The second kappa shape index (κ2) is 6.81. The van der Waals surface area contributed by atoms with E-state index in [-0.39, 0.29) is 12.0 Å². The summed E-state index contributed by atoms with van der Waals surface area (Å²) in [4.78, 5) is 27.4. The second-order valence-electron chi connectivity index (χ2n) is 6.71. The number of carbonyl (C=O) groups is 2. The molecule has 1 N–H and O–H groups in total. The standard InChI is InChI=1S/C18H24N2O4/c1-14(21)16(22)19-11-8-18(9-12-19)13-20(17(23)24-18)10-7-15-5-3-2-4-6-15/h2-6,14,21H,7-13H2,1H3/t14-/m0/s1. The Labute approximate surface area is 142 Å². The number of ether oxygens (including phenoxy) is 1. The highest BCUT2D eigenvalue weighted by molar-refractivity contribution is 5.80. The highest BCUT2D eigenvalue weighted by Crippen LogP contribution is 2.33. The molecule has 2 heterocycles. The Bertz CT molecular complexity index is 594. The maximum atomic E-state index is 12.2. The van der Waals surface area contributed by atoms with Gasteiger partial charge in [-0.3, -0.25) is 4.79 Å². The Morgan fingerprint density at radius 2 is 1.96 bits per heavy atom. The third-order valence-electron chi connectivity index (χ3n) is 4.90. The summed E-state index contributed by atoms with van der Waals surface area (Å²) in [6.45, 7) is 3.73. The zero-order valence-electron chi connectivity index (χ0n) is 14.0. The molecule has 2 fully saturated rings. The SMILES string of the molecule is C[C@H](O)C(=O)N1CCC2(CC1)CN(CCc1ccccc1)C(=O)O2. The van der Waals surface area contributed by atoms with Crippen molar-refractivity contribution in [3.8, 4) is 0 Å². The number of carbonyl (C=O) groups excluding carboxylic acids is 2. The monoisotopic (exact) mass is 332 g/mol. The van der Waals surface area contributed by atoms with Crippen LogP contribution in [0.15, 0.2) is 30.3 Å². The number of aliphatic hydroxyl groups is 1. The van der Waals surface area contributed by atoms with Gasteiger partial charge in [-0.25, -0.2) is 4.79 Å². The van der Waals surface area contributed by atoms with Gasteiger partial charge in [0.05, 0.1) is 6.54 Å². The molecule has 0 bridgehead atoms. The van der Waals surface area contributed by atoms with Crippen molar-refractivity contribution in [2.75, 3.05) is 26.2 Å². The van der Waals surface area contributed by atoms with E-state index in [9.17, 15) is 14.7 Å². The van der Waals surface area contributed by atoms with Crippen LogP contribution in [0.4, 0.5) is 4.79 Å². The van der Waals surface area contributed by atoms with Gasteiger partial charge < -0.3 is 19.6 Å². The first kappa shape index (κ1) is 16.8. The number of rotatable bonds is 4. The highest BCUT2D eigenvalue weighted by Gasteiger charge is 2.47. The van der Waals surface area contributed by atoms with Gasteiger partial charge in [0.25, 0.3) is 5.91 Å². The number of benzene rings is 1. The van der Waals surface area contributed by atoms with E-state index in [4.69, 9.17) is 4.74 Å². The molecular formula is C18H24N2O4. The molecular weight excluding hydrogens is 308 g/mol. The first-order chi connectivity index (χ1) is 11.5. The molecule has 6 nitrogen and oxygen atoms in total. The molecule has 0 aliphatic carbocycles. The van der Waals surface area contributed by atoms with Crippen LogP contribution >= 0.6 is 0 Å². The van der Waals surface area contributed by atoms with Gasteiger partial charge in [-0.1, -0.05) is 30.3 Å². The fourth-order valence-electron chi connectivity index (χ4n) is 3.43. The van der Waals surface area contributed by atoms with Crippen molar-refractivity contribution >= 4 is 12.0 Å². The molecule has 1 aromatic rings. The Balaban J connectivity index is 1.54. The number of hydrogen-bond donors (Lipinski definition) is 1. The van der Waals surface area contributed by atoms with Crippen LogP contribution in [0.1, 0.15) is 25.3 Å².